The number of aromatic carboxylic acids is 1. The molecule has 0 saturated carbocycles. The number of carbonyl (C=O) groups is 1. The van der Waals surface area contributed by atoms with Gasteiger partial charge in [-0.1, -0.05) is 63.3 Å². The molecule has 0 aliphatic rings. The van der Waals surface area contributed by atoms with E-state index in [4.69, 9.17) is 9.84 Å². The maximum Gasteiger partial charge on any atom is 0.337 e. The molecule has 4 heteroatoms. The fraction of sp³-hybridized carbons (Fsp3) is 0.429. The molecule has 0 atom stereocenters. The second kappa shape index (κ2) is 10.5. The molecule has 134 valence electrons. The monoisotopic (exact) mass is 341 g/mol. The van der Waals surface area contributed by atoms with Crippen molar-refractivity contribution in [3.05, 3.63) is 59.3 Å². The predicted molar refractivity (Wildman–Crippen MR) is 99.1 cm³/mol. The lowest BCUT2D eigenvalue weighted by Crippen LogP contribution is -2.00. The number of pyridine rings is 1. The maximum atomic E-state index is 10.8. The summed E-state index contributed by atoms with van der Waals surface area (Å²) in [4.78, 5) is 14.8. The molecule has 4 nitrogen and oxygen atoms in total. The van der Waals surface area contributed by atoms with Gasteiger partial charge in [0.05, 0.1) is 5.56 Å². The number of carboxylic acid groups (broad SMARTS) is 1. The number of unbranched alkanes of at least 4 members (excludes halogenated alkanes) is 5. The summed E-state index contributed by atoms with van der Waals surface area (Å²) in [5.41, 5.74) is 2.60. The summed E-state index contributed by atoms with van der Waals surface area (Å²) in [6, 6.07) is 11.6. The molecule has 0 bridgehead atoms. The number of aryl methyl sites for hydroxylation is 1. The molecule has 1 heterocycles. The van der Waals surface area contributed by atoms with Crippen LogP contribution in [0.25, 0.3) is 0 Å². The third kappa shape index (κ3) is 6.96. The molecule has 0 aliphatic heterocycles. The molecule has 0 saturated heterocycles. The van der Waals surface area contributed by atoms with Gasteiger partial charge in [-0.05, 0) is 30.0 Å². The van der Waals surface area contributed by atoms with Crippen molar-refractivity contribution in [2.24, 2.45) is 0 Å². The fourth-order valence-electron chi connectivity index (χ4n) is 2.66. The second-order valence-electron chi connectivity index (χ2n) is 6.31. The van der Waals surface area contributed by atoms with Crippen molar-refractivity contribution >= 4 is 5.97 Å². The van der Waals surface area contributed by atoms with Crippen LogP contribution in [0.1, 0.15) is 66.9 Å². The molecule has 1 aromatic carbocycles. The average molecular weight is 341 g/mol. The molecule has 2 aromatic rings. The van der Waals surface area contributed by atoms with E-state index in [1.165, 1.54) is 56.4 Å². The fourth-order valence-corrected chi connectivity index (χ4v) is 2.66. The van der Waals surface area contributed by atoms with Crippen molar-refractivity contribution in [1.82, 2.24) is 4.98 Å². The summed E-state index contributed by atoms with van der Waals surface area (Å²) in [5.74, 6) is -0.554. The van der Waals surface area contributed by atoms with Gasteiger partial charge in [-0.3, -0.25) is 0 Å². The number of hydrogen-bond acceptors (Lipinski definition) is 3. The van der Waals surface area contributed by atoms with Gasteiger partial charge in [0.1, 0.15) is 6.61 Å². The van der Waals surface area contributed by atoms with E-state index in [-0.39, 0.29) is 5.56 Å². The van der Waals surface area contributed by atoms with Crippen LogP contribution in [0.15, 0.2) is 42.6 Å². The summed E-state index contributed by atoms with van der Waals surface area (Å²) < 4.78 is 5.60. The first-order valence-electron chi connectivity index (χ1n) is 9.09. The van der Waals surface area contributed by atoms with Gasteiger partial charge in [0.15, 0.2) is 0 Å². The normalized spacial score (nSPS) is 10.6. The third-order valence-corrected chi connectivity index (χ3v) is 4.21. The Balaban J connectivity index is 1.71. The van der Waals surface area contributed by atoms with E-state index in [9.17, 15) is 4.79 Å². The van der Waals surface area contributed by atoms with E-state index in [2.05, 4.69) is 36.2 Å². The second-order valence-corrected chi connectivity index (χ2v) is 6.31. The van der Waals surface area contributed by atoms with Crippen molar-refractivity contribution in [2.75, 3.05) is 0 Å². The average Bonchev–Trinajstić information content (AvgIpc) is 2.64. The zero-order chi connectivity index (χ0) is 17.9. The van der Waals surface area contributed by atoms with Crippen LogP contribution in [0.5, 0.6) is 5.88 Å². The van der Waals surface area contributed by atoms with Crippen LogP contribution in [-0.4, -0.2) is 16.1 Å². The third-order valence-electron chi connectivity index (χ3n) is 4.21. The van der Waals surface area contributed by atoms with Gasteiger partial charge >= 0.3 is 5.97 Å². The Morgan fingerprint density at radius 1 is 0.960 bits per heavy atom. The van der Waals surface area contributed by atoms with Crippen LogP contribution in [0, 0.1) is 0 Å². The molecular formula is C21H27NO3. The zero-order valence-corrected chi connectivity index (χ0v) is 14.9. The zero-order valence-electron chi connectivity index (χ0n) is 14.9. The Morgan fingerprint density at radius 2 is 1.64 bits per heavy atom. The van der Waals surface area contributed by atoms with Crippen LogP contribution >= 0.6 is 0 Å². The molecular weight excluding hydrogens is 314 g/mol. The molecule has 1 aromatic heterocycles. The molecule has 0 unspecified atom stereocenters. The Kier molecular flexibility index (Phi) is 7.96. The summed E-state index contributed by atoms with van der Waals surface area (Å²) in [6.07, 6.45) is 10.3. The van der Waals surface area contributed by atoms with E-state index in [1.807, 2.05) is 0 Å². The molecule has 1 N–H and O–H groups in total. The SMILES string of the molecule is CCCCCCCCc1ccc(COc2ccc(C(=O)O)cn2)cc1. The molecule has 0 fully saturated rings. The van der Waals surface area contributed by atoms with Crippen LogP contribution in [0.3, 0.4) is 0 Å². The lowest BCUT2D eigenvalue weighted by Gasteiger charge is -2.07. The summed E-state index contributed by atoms with van der Waals surface area (Å²) in [7, 11) is 0. The first kappa shape index (κ1) is 19.0. The highest BCUT2D eigenvalue weighted by atomic mass is 16.5. The number of benzene rings is 1. The van der Waals surface area contributed by atoms with E-state index >= 15 is 0 Å². The van der Waals surface area contributed by atoms with Crippen molar-refractivity contribution in [2.45, 2.75) is 58.5 Å². The standard InChI is InChI=1S/C21H27NO3/c1-2-3-4-5-6-7-8-17-9-11-18(12-10-17)16-25-20-14-13-19(15-22-20)21(23)24/h9-15H,2-8,16H2,1H3,(H,23,24). The van der Waals surface area contributed by atoms with Crippen molar-refractivity contribution in [1.29, 1.82) is 0 Å². The van der Waals surface area contributed by atoms with E-state index in [1.54, 1.807) is 6.07 Å². The summed E-state index contributed by atoms with van der Waals surface area (Å²) in [5, 5.41) is 8.84. The Labute approximate surface area is 149 Å². The minimum Gasteiger partial charge on any atom is -0.478 e. The number of ether oxygens (including phenoxy) is 1. The number of hydrogen-bond donors (Lipinski definition) is 1. The van der Waals surface area contributed by atoms with Gasteiger partial charge in [-0.25, -0.2) is 9.78 Å². The quantitative estimate of drug-likeness (QED) is 0.566. The van der Waals surface area contributed by atoms with Gasteiger partial charge in [-0.2, -0.15) is 0 Å². The summed E-state index contributed by atoms with van der Waals surface area (Å²) >= 11 is 0. The van der Waals surface area contributed by atoms with E-state index in [0.717, 1.165) is 12.0 Å². The maximum absolute atomic E-state index is 10.8. The Morgan fingerprint density at radius 3 is 2.28 bits per heavy atom. The van der Waals surface area contributed by atoms with Crippen LogP contribution < -0.4 is 4.74 Å². The van der Waals surface area contributed by atoms with Gasteiger partial charge < -0.3 is 9.84 Å². The van der Waals surface area contributed by atoms with Crippen molar-refractivity contribution < 1.29 is 14.6 Å². The lowest BCUT2D eigenvalue weighted by molar-refractivity contribution is 0.0696. The highest BCUT2D eigenvalue weighted by Crippen LogP contribution is 2.13. The first-order chi connectivity index (χ1) is 12.2. The Bertz CT molecular complexity index is 635. The van der Waals surface area contributed by atoms with Crippen LogP contribution in [0.2, 0.25) is 0 Å². The largest absolute Gasteiger partial charge is 0.478 e. The van der Waals surface area contributed by atoms with Crippen LogP contribution in [0.4, 0.5) is 0 Å². The molecule has 0 amide bonds. The molecule has 2 rings (SSSR count). The number of nitrogens with zero attached hydrogens (tertiary/aromatic N) is 1. The van der Waals surface area contributed by atoms with Gasteiger partial charge in [-0.15, -0.1) is 0 Å². The van der Waals surface area contributed by atoms with Gasteiger partial charge in [0, 0.05) is 12.3 Å². The smallest absolute Gasteiger partial charge is 0.337 e. The first-order valence-corrected chi connectivity index (χ1v) is 9.09. The molecule has 0 aliphatic carbocycles. The van der Waals surface area contributed by atoms with E-state index < -0.39 is 5.97 Å². The predicted octanol–water partition coefficient (Wildman–Crippen LogP) is 5.26. The van der Waals surface area contributed by atoms with Gasteiger partial charge in [0.2, 0.25) is 5.88 Å². The highest BCUT2D eigenvalue weighted by molar-refractivity contribution is 5.87. The summed E-state index contributed by atoms with van der Waals surface area (Å²) in [6.45, 7) is 2.67. The molecule has 0 spiro atoms. The van der Waals surface area contributed by atoms with Crippen molar-refractivity contribution in [3.63, 3.8) is 0 Å². The van der Waals surface area contributed by atoms with E-state index in [0.29, 0.717) is 12.5 Å². The number of rotatable bonds is 11. The topological polar surface area (TPSA) is 59.4 Å². The molecule has 25 heavy (non-hydrogen) atoms. The minimum absolute atomic E-state index is 0.159. The number of carboxylic acids is 1. The highest BCUT2D eigenvalue weighted by Gasteiger charge is 2.04. The Hall–Kier alpha value is -2.36. The van der Waals surface area contributed by atoms with Gasteiger partial charge in [0.25, 0.3) is 0 Å². The molecule has 0 radical (unpaired) electrons. The lowest BCUT2D eigenvalue weighted by atomic mass is 10.0. The minimum atomic E-state index is -0.986. The number of aromatic nitrogens is 1. The van der Waals surface area contributed by atoms with Crippen molar-refractivity contribution in [3.8, 4) is 5.88 Å². The van der Waals surface area contributed by atoms with Crippen LogP contribution in [-0.2, 0) is 13.0 Å².